The van der Waals surface area contributed by atoms with Crippen molar-refractivity contribution < 1.29 is 0 Å². The summed E-state index contributed by atoms with van der Waals surface area (Å²) in [5.41, 5.74) is 3.68. The van der Waals surface area contributed by atoms with E-state index in [4.69, 9.17) is 5.84 Å². The lowest BCUT2D eigenvalue weighted by molar-refractivity contribution is 0.799. The second kappa shape index (κ2) is 7.54. The number of hydrogen-bond donors (Lipinski definition) is 2. The van der Waals surface area contributed by atoms with Gasteiger partial charge < -0.3 is 10.3 Å². The van der Waals surface area contributed by atoms with Gasteiger partial charge in [0.15, 0.2) is 0 Å². The van der Waals surface area contributed by atoms with E-state index in [-0.39, 0.29) is 0 Å². The van der Waals surface area contributed by atoms with Crippen LogP contribution in [0.25, 0.3) is 0 Å². The number of nitrogens with zero attached hydrogens (tertiary/aromatic N) is 4. The predicted molar refractivity (Wildman–Crippen MR) is 85.0 cm³/mol. The largest absolute Gasteiger partial charge is 0.359 e. The molecule has 0 aliphatic heterocycles. The van der Waals surface area contributed by atoms with Crippen molar-refractivity contribution in [3.05, 3.63) is 42.0 Å². The summed E-state index contributed by atoms with van der Waals surface area (Å²) in [4.78, 5) is 15.4. The van der Waals surface area contributed by atoms with Gasteiger partial charge in [-0.1, -0.05) is 13.0 Å². The molecular formula is C15H22N6. The Morgan fingerprint density at radius 1 is 1.24 bits per heavy atom. The van der Waals surface area contributed by atoms with Crippen LogP contribution < -0.4 is 16.2 Å². The molecule has 0 atom stereocenters. The smallest absolute Gasteiger partial charge is 0.145 e. The lowest BCUT2D eigenvalue weighted by atomic mass is 10.2. The molecule has 21 heavy (non-hydrogen) atoms. The van der Waals surface area contributed by atoms with Crippen LogP contribution in [-0.4, -0.2) is 28.5 Å². The molecule has 6 nitrogen and oxygen atoms in total. The average Bonchev–Trinajstić information content (AvgIpc) is 2.53. The zero-order valence-electron chi connectivity index (χ0n) is 12.6. The fourth-order valence-corrected chi connectivity index (χ4v) is 2.03. The van der Waals surface area contributed by atoms with Crippen molar-refractivity contribution in [1.82, 2.24) is 15.0 Å². The summed E-state index contributed by atoms with van der Waals surface area (Å²) in [6.07, 6.45) is 4.54. The molecule has 2 heterocycles. The van der Waals surface area contributed by atoms with Gasteiger partial charge in [0.2, 0.25) is 0 Å². The lowest BCUT2D eigenvalue weighted by Crippen LogP contribution is -2.23. The third-order valence-electron chi connectivity index (χ3n) is 3.20. The van der Waals surface area contributed by atoms with E-state index in [1.165, 1.54) is 0 Å². The topological polar surface area (TPSA) is 80.0 Å². The summed E-state index contributed by atoms with van der Waals surface area (Å²) in [5.74, 6) is 7.81. The number of anilines is 2. The number of nitrogen functional groups attached to an aromatic ring is 1. The van der Waals surface area contributed by atoms with Gasteiger partial charge in [-0.3, -0.25) is 4.98 Å². The minimum Gasteiger partial charge on any atom is -0.359 e. The van der Waals surface area contributed by atoms with Crippen LogP contribution in [0.4, 0.5) is 11.6 Å². The van der Waals surface area contributed by atoms with Crippen LogP contribution >= 0.6 is 0 Å². The SMILES string of the molecule is CCCc1nc(NN)cc(N(C)CCc2ccccn2)n1. The summed E-state index contributed by atoms with van der Waals surface area (Å²) in [6.45, 7) is 2.94. The van der Waals surface area contributed by atoms with Gasteiger partial charge in [0.05, 0.1) is 0 Å². The highest BCUT2D eigenvalue weighted by Crippen LogP contribution is 2.15. The molecule has 0 aromatic carbocycles. The van der Waals surface area contributed by atoms with E-state index in [0.29, 0.717) is 5.82 Å². The first-order chi connectivity index (χ1) is 10.2. The van der Waals surface area contributed by atoms with Crippen molar-refractivity contribution in [3.8, 4) is 0 Å². The fraction of sp³-hybridized carbons (Fsp3) is 0.400. The number of pyridine rings is 1. The standard InChI is InChI=1S/C15H22N6/c1-3-6-13-18-14(20-16)11-15(19-13)21(2)10-8-12-7-4-5-9-17-12/h4-5,7,9,11H,3,6,8,10,16H2,1-2H3,(H,18,19,20). The van der Waals surface area contributed by atoms with Crippen LogP contribution in [0.2, 0.25) is 0 Å². The predicted octanol–water partition coefficient (Wildman–Crippen LogP) is 1.79. The van der Waals surface area contributed by atoms with Crippen LogP contribution in [0.15, 0.2) is 30.5 Å². The first-order valence-corrected chi connectivity index (χ1v) is 7.18. The zero-order valence-corrected chi connectivity index (χ0v) is 12.6. The maximum atomic E-state index is 5.48. The van der Waals surface area contributed by atoms with Gasteiger partial charge in [0.1, 0.15) is 17.5 Å². The van der Waals surface area contributed by atoms with Gasteiger partial charge in [-0.25, -0.2) is 15.8 Å². The van der Waals surface area contributed by atoms with Crippen molar-refractivity contribution >= 4 is 11.6 Å². The van der Waals surface area contributed by atoms with Crippen LogP contribution in [0.1, 0.15) is 24.9 Å². The Hall–Kier alpha value is -2.21. The normalized spacial score (nSPS) is 10.4. The van der Waals surface area contributed by atoms with Crippen LogP contribution in [0.5, 0.6) is 0 Å². The molecule has 112 valence electrons. The number of hydrogen-bond acceptors (Lipinski definition) is 6. The molecule has 0 amide bonds. The molecule has 0 bridgehead atoms. The van der Waals surface area contributed by atoms with Gasteiger partial charge in [0, 0.05) is 44.4 Å². The molecule has 6 heteroatoms. The first-order valence-electron chi connectivity index (χ1n) is 7.18. The molecular weight excluding hydrogens is 264 g/mol. The summed E-state index contributed by atoms with van der Waals surface area (Å²) in [7, 11) is 2.02. The lowest BCUT2D eigenvalue weighted by Gasteiger charge is -2.19. The van der Waals surface area contributed by atoms with Crippen LogP contribution in [0.3, 0.4) is 0 Å². The van der Waals surface area contributed by atoms with Crippen LogP contribution in [0, 0.1) is 0 Å². The molecule has 0 aliphatic carbocycles. The second-order valence-corrected chi connectivity index (χ2v) is 4.91. The molecule has 0 fully saturated rings. The summed E-state index contributed by atoms with van der Waals surface area (Å²) in [6, 6.07) is 7.82. The number of hydrazine groups is 1. The van der Waals surface area contributed by atoms with Gasteiger partial charge in [0.25, 0.3) is 0 Å². The van der Waals surface area contributed by atoms with Gasteiger partial charge in [-0.05, 0) is 18.6 Å². The van der Waals surface area contributed by atoms with Gasteiger partial charge >= 0.3 is 0 Å². The van der Waals surface area contributed by atoms with Crippen molar-refractivity contribution in [1.29, 1.82) is 0 Å². The number of rotatable bonds is 7. The number of likely N-dealkylation sites (N-methyl/N-ethyl adjacent to an activating group) is 1. The average molecular weight is 286 g/mol. The monoisotopic (exact) mass is 286 g/mol. The number of nitrogens with two attached hydrogens (primary N) is 1. The molecule has 0 spiro atoms. The fourth-order valence-electron chi connectivity index (χ4n) is 2.03. The van der Waals surface area contributed by atoms with E-state index in [1.54, 1.807) is 0 Å². The molecule has 0 saturated heterocycles. The van der Waals surface area contributed by atoms with Crippen molar-refractivity contribution in [3.63, 3.8) is 0 Å². The third kappa shape index (κ3) is 4.39. The van der Waals surface area contributed by atoms with E-state index in [2.05, 4.69) is 32.2 Å². The number of aryl methyl sites for hydroxylation is 1. The highest BCUT2D eigenvalue weighted by Gasteiger charge is 2.08. The van der Waals surface area contributed by atoms with Crippen molar-refractivity contribution in [2.24, 2.45) is 5.84 Å². The first kappa shape index (κ1) is 15.2. The van der Waals surface area contributed by atoms with E-state index in [1.807, 2.05) is 37.5 Å². The van der Waals surface area contributed by atoms with E-state index in [0.717, 1.165) is 43.1 Å². The van der Waals surface area contributed by atoms with Crippen molar-refractivity contribution in [2.45, 2.75) is 26.2 Å². The molecule has 0 radical (unpaired) electrons. The summed E-state index contributed by atoms with van der Waals surface area (Å²) < 4.78 is 0. The number of nitrogens with one attached hydrogen (secondary N) is 1. The minimum atomic E-state index is 0.646. The molecule has 0 aliphatic rings. The van der Waals surface area contributed by atoms with E-state index in [9.17, 15) is 0 Å². The highest BCUT2D eigenvalue weighted by atomic mass is 15.3. The zero-order chi connectivity index (χ0) is 15.1. The van der Waals surface area contributed by atoms with E-state index < -0.39 is 0 Å². The highest BCUT2D eigenvalue weighted by molar-refractivity contribution is 5.48. The maximum Gasteiger partial charge on any atom is 0.145 e. The summed E-state index contributed by atoms with van der Waals surface area (Å²) >= 11 is 0. The minimum absolute atomic E-state index is 0.646. The Labute approximate surface area is 125 Å². The molecule has 0 saturated carbocycles. The van der Waals surface area contributed by atoms with Crippen molar-refractivity contribution in [2.75, 3.05) is 23.9 Å². The quantitative estimate of drug-likeness (QED) is 0.596. The Balaban J connectivity index is 2.07. The molecule has 0 unspecified atom stereocenters. The summed E-state index contributed by atoms with van der Waals surface area (Å²) in [5, 5.41) is 0. The third-order valence-corrected chi connectivity index (χ3v) is 3.20. The number of aromatic nitrogens is 3. The Morgan fingerprint density at radius 3 is 2.76 bits per heavy atom. The Morgan fingerprint density at radius 2 is 2.10 bits per heavy atom. The van der Waals surface area contributed by atoms with Crippen LogP contribution in [-0.2, 0) is 12.8 Å². The molecule has 2 aromatic rings. The molecule has 2 rings (SSSR count). The van der Waals surface area contributed by atoms with E-state index >= 15 is 0 Å². The second-order valence-electron chi connectivity index (χ2n) is 4.91. The molecule has 2 aromatic heterocycles. The maximum absolute atomic E-state index is 5.48. The Kier molecular flexibility index (Phi) is 5.45. The van der Waals surface area contributed by atoms with Gasteiger partial charge in [-0.15, -0.1) is 0 Å². The Bertz CT molecular complexity index is 557. The van der Waals surface area contributed by atoms with Gasteiger partial charge in [-0.2, -0.15) is 0 Å². The molecule has 3 N–H and O–H groups in total.